The lowest BCUT2D eigenvalue weighted by Crippen LogP contribution is -2.28. The second-order valence-corrected chi connectivity index (χ2v) is 10.6. The van der Waals surface area contributed by atoms with Gasteiger partial charge in [0.05, 0.1) is 6.61 Å². The molecule has 0 radical (unpaired) electrons. The van der Waals surface area contributed by atoms with Crippen molar-refractivity contribution < 1.29 is 24.2 Å². The summed E-state index contributed by atoms with van der Waals surface area (Å²) in [5.74, 6) is -0.746. The van der Waals surface area contributed by atoms with Gasteiger partial charge < -0.3 is 14.6 Å². The molecule has 5 nitrogen and oxygen atoms in total. The summed E-state index contributed by atoms with van der Waals surface area (Å²) in [6.07, 6.45) is 52.8. The van der Waals surface area contributed by atoms with Crippen molar-refractivity contribution in [3.8, 4) is 0 Å². The van der Waals surface area contributed by atoms with Crippen molar-refractivity contribution in [3.05, 3.63) is 122 Å². The number of hydrogen-bond donors (Lipinski definition) is 1. The molecule has 0 aliphatic carbocycles. The fourth-order valence-electron chi connectivity index (χ4n) is 3.84. The van der Waals surface area contributed by atoms with Crippen molar-refractivity contribution in [2.45, 2.75) is 110 Å². The predicted octanol–water partition coefficient (Wildman–Crippen LogP) is 10.5. The molecule has 0 bridgehead atoms. The topological polar surface area (TPSA) is 72.8 Å². The van der Waals surface area contributed by atoms with Gasteiger partial charge in [-0.1, -0.05) is 122 Å². The highest BCUT2D eigenvalue weighted by molar-refractivity contribution is 5.70. The maximum absolute atomic E-state index is 12.1. The molecule has 0 amide bonds. The third kappa shape index (κ3) is 33.2. The Morgan fingerprint density at radius 2 is 0.826 bits per heavy atom. The summed E-state index contributed by atoms with van der Waals surface area (Å²) >= 11 is 0. The molecule has 1 unspecified atom stereocenters. The van der Waals surface area contributed by atoms with E-state index in [0.717, 1.165) is 64.2 Å². The molecule has 1 N–H and O–H groups in total. The Bertz CT molecular complexity index is 1030. The van der Waals surface area contributed by atoms with Gasteiger partial charge in [-0.15, -0.1) is 0 Å². The number of hydrogen-bond acceptors (Lipinski definition) is 5. The van der Waals surface area contributed by atoms with E-state index in [1.54, 1.807) is 0 Å². The quantitative estimate of drug-likeness (QED) is 0.0528. The standard InChI is InChI=1S/C41H60O5/c1-3-5-7-9-11-13-15-17-19-21-23-25-27-29-31-33-35-40(43)45-38-39(37-42)46-41(44)36-34-32-30-28-26-24-22-20-18-16-14-12-10-8-6-4-2/h3-6,9-12,15-18,21-24,27-30,39,42H,7-8,13-14,19-20,25-26,31-38H2,1-2H3/b5-3+,6-4+,11-9+,12-10+,17-15+,18-16+,23-21+,24-22+,29-27+,30-28+. The van der Waals surface area contributed by atoms with Crippen LogP contribution in [0.15, 0.2) is 122 Å². The Kier molecular flexibility index (Phi) is 32.9. The van der Waals surface area contributed by atoms with Gasteiger partial charge in [-0.3, -0.25) is 9.59 Å². The summed E-state index contributed by atoms with van der Waals surface area (Å²) in [7, 11) is 0. The maximum atomic E-state index is 12.1. The molecule has 0 saturated heterocycles. The van der Waals surface area contributed by atoms with Crippen molar-refractivity contribution in [2.24, 2.45) is 0 Å². The Hall–Kier alpha value is -3.70. The van der Waals surface area contributed by atoms with Gasteiger partial charge in [0.2, 0.25) is 0 Å². The number of esters is 2. The van der Waals surface area contributed by atoms with E-state index >= 15 is 0 Å². The van der Waals surface area contributed by atoms with Crippen molar-refractivity contribution in [3.63, 3.8) is 0 Å². The lowest BCUT2D eigenvalue weighted by Gasteiger charge is -2.15. The fraction of sp³-hybridized carbons (Fsp3) is 0.463. The van der Waals surface area contributed by atoms with Gasteiger partial charge in [-0.25, -0.2) is 0 Å². The Labute approximate surface area is 280 Å². The lowest BCUT2D eigenvalue weighted by molar-refractivity contribution is -0.161. The highest BCUT2D eigenvalue weighted by Crippen LogP contribution is 2.06. The number of aliphatic hydroxyl groups excluding tert-OH is 1. The molecule has 0 aliphatic rings. The minimum atomic E-state index is -0.832. The van der Waals surface area contributed by atoms with Crippen LogP contribution >= 0.6 is 0 Å². The highest BCUT2D eigenvalue weighted by Gasteiger charge is 2.15. The van der Waals surface area contributed by atoms with Crippen LogP contribution in [0, 0.1) is 0 Å². The lowest BCUT2D eigenvalue weighted by atomic mass is 10.2. The Morgan fingerprint density at radius 1 is 0.500 bits per heavy atom. The van der Waals surface area contributed by atoms with Gasteiger partial charge >= 0.3 is 11.9 Å². The zero-order valence-corrected chi connectivity index (χ0v) is 28.5. The van der Waals surface area contributed by atoms with E-state index in [-0.39, 0.29) is 32.0 Å². The van der Waals surface area contributed by atoms with Gasteiger partial charge in [0.25, 0.3) is 0 Å². The Balaban J connectivity index is 3.84. The van der Waals surface area contributed by atoms with Crippen LogP contribution in [0.2, 0.25) is 0 Å². The normalized spacial score (nSPS) is 13.7. The molecule has 0 saturated carbocycles. The zero-order chi connectivity index (χ0) is 33.6. The summed E-state index contributed by atoms with van der Waals surface area (Å²) in [6.45, 7) is 3.55. The second kappa shape index (κ2) is 35.8. The average molecular weight is 633 g/mol. The third-order valence-corrected chi connectivity index (χ3v) is 6.42. The summed E-state index contributed by atoms with van der Waals surface area (Å²) in [4.78, 5) is 24.1. The summed E-state index contributed by atoms with van der Waals surface area (Å²) in [5.41, 5.74) is 0. The average Bonchev–Trinajstić information content (AvgIpc) is 3.06. The van der Waals surface area contributed by atoms with Crippen LogP contribution in [-0.2, 0) is 19.1 Å². The summed E-state index contributed by atoms with van der Waals surface area (Å²) < 4.78 is 10.5. The van der Waals surface area contributed by atoms with Crippen LogP contribution in [0.1, 0.15) is 104 Å². The van der Waals surface area contributed by atoms with E-state index < -0.39 is 12.1 Å². The van der Waals surface area contributed by atoms with Crippen LogP contribution in [0.4, 0.5) is 0 Å². The first-order valence-electron chi connectivity index (χ1n) is 17.0. The molecule has 1 atom stereocenters. The minimum absolute atomic E-state index is 0.128. The molecule has 5 heteroatoms. The highest BCUT2D eigenvalue weighted by atomic mass is 16.6. The van der Waals surface area contributed by atoms with E-state index in [0.29, 0.717) is 12.8 Å². The summed E-state index contributed by atoms with van der Waals surface area (Å²) in [6, 6.07) is 0. The third-order valence-electron chi connectivity index (χ3n) is 6.42. The van der Waals surface area contributed by atoms with Crippen molar-refractivity contribution in [1.29, 1.82) is 0 Å². The van der Waals surface area contributed by atoms with Crippen LogP contribution in [0.3, 0.4) is 0 Å². The van der Waals surface area contributed by atoms with Gasteiger partial charge in [0, 0.05) is 12.8 Å². The van der Waals surface area contributed by atoms with Crippen LogP contribution in [0.5, 0.6) is 0 Å². The molecule has 0 heterocycles. The molecule has 46 heavy (non-hydrogen) atoms. The van der Waals surface area contributed by atoms with Gasteiger partial charge in [-0.05, 0) is 90.9 Å². The molecular weight excluding hydrogens is 572 g/mol. The molecule has 0 rings (SSSR count). The number of carbonyl (C=O) groups excluding carboxylic acids is 2. The van der Waals surface area contributed by atoms with Gasteiger partial charge in [-0.2, -0.15) is 0 Å². The fourth-order valence-corrected chi connectivity index (χ4v) is 3.84. The second-order valence-electron chi connectivity index (χ2n) is 10.6. The maximum Gasteiger partial charge on any atom is 0.306 e. The SMILES string of the molecule is C/C=C/C/C=C/C/C=C/C/C=C/C/C=C/CCCC(=O)OCC(CO)OC(=O)CCC/C=C/C/C=C/C/C=C/C/C=C/C/C=C/C. The first kappa shape index (κ1) is 42.3. The monoisotopic (exact) mass is 632 g/mol. The van der Waals surface area contributed by atoms with Crippen molar-refractivity contribution in [2.75, 3.05) is 13.2 Å². The van der Waals surface area contributed by atoms with Crippen LogP contribution in [-0.4, -0.2) is 36.4 Å². The number of allylic oxidation sites excluding steroid dienone is 20. The molecule has 0 spiro atoms. The largest absolute Gasteiger partial charge is 0.462 e. The number of unbranched alkanes of at least 4 members (excludes halogenated alkanes) is 2. The minimum Gasteiger partial charge on any atom is -0.462 e. The first-order chi connectivity index (χ1) is 22.6. The zero-order valence-electron chi connectivity index (χ0n) is 28.5. The van der Waals surface area contributed by atoms with Gasteiger partial charge in [0.1, 0.15) is 6.61 Å². The van der Waals surface area contributed by atoms with E-state index in [2.05, 4.69) is 122 Å². The molecule has 0 aromatic heterocycles. The number of ether oxygens (including phenoxy) is 2. The van der Waals surface area contributed by atoms with E-state index in [4.69, 9.17) is 9.47 Å². The van der Waals surface area contributed by atoms with Crippen molar-refractivity contribution in [1.82, 2.24) is 0 Å². The van der Waals surface area contributed by atoms with Crippen LogP contribution < -0.4 is 0 Å². The molecule has 0 aromatic carbocycles. The molecule has 254 valence electrons. The molecule has 0 aromatic rings. The molecular formula is C41H60O5. The number of carbonyl (C=O) groups is 2. The number of rotatable bonds is 28. The molecule has 0 fully saturated rings. The van der Waals surface area contributed by atoms with E-state index in [9.17, 15) is 14.7 Å². The Morgan fingerprint density at radius 3 is 1.17 bits per heavy atom. The van der Waals surface area contributed by atoms with Crippen LogP contribution in [0.25, 0.3) is 0 Å². The molecule has 0 aliphatic heterocycles. The van der Waals surface area contributed by atoms with Crippen molar-refractivity contribution >= 4 is 11.9 Å². The van der Waals surface area contributed by atoms with E-state index in [1.165, 1.54) is 0 Å². The van der Waals surface area contributed by atoms with E-state index in [1.807, 2.05) is 13.8 Å². The summed E-state index contributed by atoms with van der Waals surface area (Å²) in [5, 5.41) is 9.51. The first-order valence-corrected chi connectivity index (χ1v) is 17.0. The number of aliphatic hydroxyl groups is 1. The smallest absolute Gasteiger partial charge is 0.306 e. The van der Waals surface area contributed by atoms with Gasteiger partial charge in [0.15, 0.2) is 6.10 Å². The predicted molar refractivity (Wildman–Crippen MR) is 195 cm³/mol.